The van der Waals surface area contributed by atoms with Crippen molar-refractivity contribution < 1.29 is 9.18 Å². The maximum Gasteiger partial charge on any atom is 0.248 e. The van der Waals surface area contributed by atoms with Crippen molar-refractivity contribution in [3.8, 4) is 11.3 Å². The van der Waals surface area contributed by atoms with Gasteiger partial charge in [0.25, 0.3) is 0 Å². The van der Waals surface area contributed by atoms with E-state index in [1.165, 1.54) is 24.8 Å². The molecule has 23 heavy (non-hydrogen) atoms. The summed E-state index contributed by atoms with van der Waals surface area (Å²) >= 11 is 0. The van der Waals surface area contributed by atoms with Gasteiger partial charge in [0, 0.05) is 36.0 Å². The SMILES string of the molecule is NC(=O)c1ccnc(-c2cc([C@H]3C[C@@H]4CC[C@H]3N4)cnc2F)c1. The number of fused-ring (bicyclic) bond motifs is 2. The Bertz CT molecular complexity index is 779. The largest absolute Gasteiger partial charge is 0.366 e. The number of pyridine rings is 2. The van der Waals surface area contributed by atoms with Gasteiger partial charge in [0.1, 0.15) is 0 Å². The van der Waals surface area contributed by atoms with E-state index in [2.05, 4.69) is 15.3 Å². The zero-order valence-electron chi connectivity index (χ0n) is 12.5. The lowest BCUT2D eigenvalue weighted by molar-refractivity contribution is 0.1000. The Labute approximate surface area is 133 Å². The number of nitrogens with one attached hydrogen (secondary N) is 1. The fourth-order valence-corrected chi connectivity index (χ4v) is 3.77. The highest BCUT2D eigenvalue weighted by Gasteiger charge is 2.40. The van der Waals surface area contributed by atoms with E-state index < -0.39 is 11.9 Å². The Morgan fingerprint density at radius 2 is 2.17 bits per heavy atom. The van der Waals surface area contributed by atoms with Gasteiger partial charge in [0.15, 0.2) is 0 Å². The molecule has 118 valence electrons. The molecule has 0 aromatic carbocycles. The molecule has 2 aliphatic rings. The van der Waals surface area contributed by atoms with Crippen LogP contribution in [-0.4, -0.2) is 28.0 Å². The van der Waals surface area contributed by atoms with Gasteiger partial charge in [-0.1, -0.05) is 0 Å². The van der Waals surface area contributed by atoms with Crippen molar-refractivity contribution in [1.29, 1.82) is 0 Å². The van der Waals surface area contributed by atoms with Gasteiger partial charge in [-0.2, -0.15) is 4.39 Å². The average Bonchev–Trinajstić information content (AvgIpc) is 3.18. The summed E-state index contributed by atoms with van der Waals surface area (Å²) in [6, 6.07) is 5.84. The number of carbonyl (C=O) groups is 1. The normalized spacial score (nSPS) is 25.7. The molecule has 0 radical (unpaired) electrons. The summed E-state index contributed by atoms with van der Waals surface area (Å²) < 4.78 is 14.2. The first-order chi connectivity index (χ1) is 11.1. The number of carbonyl (C=O) groups excluding carboxylic acids is 1. The fraction of sp³-hybridized carbons (Fsp3) is 0.353. The summed E-state index contributed by atoms with van der Waals surface area (Å²) in [6.45, 7) is 0. The van der Waals surface area contributed by atoms with Crippen LogP contribution in [0, 0.1) is 5.95 Å². The number of nitrogens with zero attached hydrogens (tertiary/aromatic N) is 2. The van der Waals surface area contributed by atoms with E-state index in [0.717, 1.165) is 18.4 Å². The summed E-state index contributed by atoms with van der Waals surface area (Å²) in [7, 11) is 0. The van der Waals surface area contributed by atoms with E-state index in [1.54, 1.807) is 6.20 Å². The third-order valence-corrected chi connectivity index (χ3v) is 4.91. The first-order valence-electron chi connectivity index (χ1n) is 7.79. The molecular weight excluding hydrogens is 295 g/mol. The third-order valence-electron chi connectivity index (χ3n) is 4.91. The van der Waals surface area contributed by atoms with Crippen molar-refractivity contribution >= 4 is 5.91 Å². The lowest BCUT2D eigenvalue weighted by Crippen LogP contribution is -2.21. The number of aromatic nitrogens is 2. The molecule has 2 saturated heterocycles. The Morgan fingerprint density at radius 3 is 2.87 bits per heavy atom. The Balaban J connectivity index is 1.73. The van der Waals surface area contributed by atoms with E-state index in [0.29, 0.717) is 34.8 Å². The van der Waals surface area contributed by atoms with Crippen LogP contribution < -0.4 is 11.1 Å². The van der Waals surface area contributed by atoms with Gasteiger partial charge in [-0.15, -0.1) is 0 Å². The minimum atomic E-state index is -0.584. The molecular formula is C17H17FN4O. The molecule has 0 aliphatic carbocycles. The summed E-state index contributed by atoms with van der Waals surface area (Å²) in [5.74, 6) is -0.783. The standard InChI is InChI=1S/C17H17FN4O/c18-16-13(15-6-9(17(19)23)3-4-20-15)5-10(8-21-16)12-7-11-1-2-14(12)22-11/h3-6,8,11-12,14,22H,1-2,7H2,(H2,19,23)/t11-,12+,14+/m0/s1. The van der Waals surface area contributed by atoms with E-state index in [4.69, 9.17) is 5.73 Å². The summed E-state index contributed by atoms with van der Waals surface area (Å²) in [5, 5.41) is 3.58. The molecule has 4 rings (SSSR count). The molecule has 0 saturated carbocycles. The lowest BCUT2D eigenvalue weighted by atomic mass is 9.84. The first kappa shape index (κ1) is 14.3. The van der Waals surface area contributed by atoms with E-state index in [9.17, 15) is 9.18 Å². The lowest BCUT2D eigenvalue weighted by Gasteiger charge is -2.20. The maximum absolute atomic E-state index is 14.2. The molecule has 4 heterocycles. The molecule has 1 amide bonds. The second-order valence-corrected chi connectivity index (χ2v) is 6.29. The fourth-order valence-electron chi connectivity index (χ4n) is 3.77. The van der Waals surface area contributed by atoms with Crippen LogP contribution in [-0.2, 0) is 0 Å². The van der Waals surface area contributed by atoms with E-state index in [-0.39, 0.29) is 0 Å². The highest BCUT2D eigenvalue weighted by Crippen LogP contribution is 2.40. The number of primary amides is 1. The Kier molecular flexibility index (Phi) is 3.34. The molecule has 6 heteroatoms. The zero-order chi connectivity index (χ0) is 16.0. The molecule has 2 bridgehead atoms. The molecule has 5 nitrogen and oxygen atoms in total. The monoisotopic (exact) mass is 312 g/mol. The van der Waals surface area contributed by atoms with Gasteiger partial charge in [0.2, 0.25) is 11.9 Å². The molecule has 2 aromatic rings. The number of amides is 1. The number of hydrogen-bond donors (Lipinski definition) is 2. The predicted molar refractivity (Wildman–Crippen MR) is 83.2 cm³/mol. The van der Waals surface area contributed by atoms with Crippen LogP contribution in [0.2, 0.25) is 0 Å². The van der Waals surface area contributed by atoms with Crippen LogP contribution in [0.3, 0.4) is 0 Å². The summed E-state index contributed by atoms with van der Waals surface area (Å²) in [6.07, 6.45) is 6.50. The number of nitrogens with two attached hydrogens (primary N) is 1. The van der Waals surface area contributed by atoms with Gasteiger partial charge in [-0.25, -0.2) is 4.98 Å². The second-order valence-electron chi connectivity index (χ2n) is 6.29. The molecule has 0 spiro atoms. The smallest absolute Gasteiger partial charge is 0.248 e. The van der Waals surface area contributed by atoms with Crippen LogP contribution in [0.5, 0.6) is 0 Å². The van der Waals surface area contributed by atoms with Crippen LogP contribution in [0.1, 0.15) is 41.1 Å². The minimum Gasteiger partial charge on any atom is -0.366 e. The van der Waals surface area contributed by atoms with Crippen molar-refractivity contribution in [2.45, 2.75) is 37.3 Å². The van der Waals surface area contributed by atoms with Crippen molar-refractivity contribution in [1.82, 2.24) is 15.3 Å². The molecule has 2 aromatic heterocycles. The van der Waals surface area contributed by atoms with Gasteiger partial charge >= 0.3 is 0 Å². The van der Waals surface area contributed by atoms with Crippen LogP contribution >= 0.6 is 0 Å². The summed E-state index contributed by atoms with van der Waals surface area (Å²) in [4.78, 5) is 19.4. The number of rotatable bonds is 3. The Morgan fingerprint density at radius 1 is 1.30 bits per heavy atom. The van der Waals surface area contributed by atoms with Crippen LogP contribution in [0.25, 0.3) is 11.3 Å². The molecule has 2 fully saturated rings. The van der Waals surface area contributed by atoms with Crippen molar-refractivity contribution in [2.75, 3.05) is 0 Å². The van der Waals surface area contributed by atoms with E-state index >= 15 is 0 Å². The van der Waals surface area contributed by atoms with Gasteiger partial charge in [-0.05, 0) is 43.0 Å². The highest BCUT2D eigenvalue weighted by atomic mass is 19.1. The second kappa shape index (κ2) is 5.38. The Hall–Kier alpha value is -2.34. The van der Waals surface area contributed by atoms with Gasteiger partial charge < -0.3 is 11.1 Å². The quantitative estimate of drug-likeness (QED) is 0.849. The van der Waals surface area contributed by atoms with Gasteiger partial charge in [-0.3, -0.25) is 9.78 Å². The van der Waals surface area contributed by atoms with Gasteiger partial charge in [0.05, 0.1) is 11.3 Å². The molecule has 3 atom stereocenters. The third kappa shape index (κ3) is 2.49. The van der Waals surface area contributed by atoms with Crippen LogP contribution in [0.15, 0.2) is 30.6 Å². The summed E-state index contributed by atoms with van der Waals surface area (Å²) in [5.41, 5.74) is 7.30. The highest BCUT2D eigenvalue weighted by molar-refractivity contribution is 5.93. The maximum atomic E-state index is 14.2. The van der Waals surface area contributed by atoms with Crippen molar-refractivity contribution in [3.63, 3.8) is 0 Å². The average molecular weight is 312 g/mol. The van der Waals surface area contributed by atoms with E-state index in [1.807, 2.05) is 6.07 Å². The van der Waals surface area contributed by atoms with Crippen molar-refractivity contribution in [2.24, 2.45) is 5.73 Å². The van der Waals surface area contributed by atoms with Crippen LogP contribution in [0.4, 0.5) is 4.39 Å². The first-order valence-corrected chi connectivity index (χ1v) is 7.79. The minimum absolute atomic E-state index is 0.307. The number of halogens is 1. The molecule has 3 N–H and O–H groups in total. The molecule has 2 aliphatic heterocycles. The predicted octanol–water partition coefficient (Wildman–Crippen LogP) is 1.99. The number of hydrogen-bond acceptors (Lipinski definition) is 4. The molecule has 0 unspecified atom stereocenters. The topological polar surface area (TPSA) is 80.9 Å². The zero-order valence-corrected chi connectivity index (χ0v) is 12.5. The van der Waals surface area contributed by atoms with Crippen molar-refractivity contribution in [3.05, 3.63) is 47.7 Å².